The third-order valence-corrected chi connectivity index (χ3v) is 5.26. The van der Waals surface area contributed by atoms with E-state index in [1.165, 1.54) is 32.1 Å². The van der Waals surface area contributed by atoms with Crippen LogP contribution in [0.4, 0.5) is 0 Å². The van der Waals surface area contributed by atoms with Crippen LogP contribution in [-0.2, 0) is 4.79 Å². The Morgan fingerprint density at radius 3 is 2.58 bits per heavy atom. The van der Waals surface area contributed by atoms with Crippen LogP contribution in [0, 0.1) is 5.41 Å². The zero-order valence-electron chi connectivity index (χ0n) is 12.7. The van der Waals surface area contributed by atoms with Gasteiger partial charge in [-0.05, 0) is 45.1 Å². The van der Waals surface area contributed by atoms with Crippen molar-refractivity contribution in [3.05, 3.63) is 0 Å². The first-order chi connectivity index (χ1) is 9.18. The van der Waals surface area contributed by atoms with Gasteiger partial charge in [-0.15, -0.1) is 0 Å². The van der Waals surface area contributed by atoms with E-state index in [4.69, 9.17) is 0 Å². The predicted octanol–water partition coefficient (Wildman–Crippen LogP) is 2.95. The summed E-state index contributed by atoms with van der Waals surface area (Å²) in [5.74, 6) is 0.406. The first-order valence-corrected chi connectivity index (χ1v) is 8.17. The standard InChI is InChI=1S/C16H30N2O/c1-3-16(10-5-6-11-16)15(19)18(2)13-9-14-8-4-7-12-17-14/h14,17H,3-13H2,1-2H3. The Morgan fingerprint density at radius 1 is 1.26 bits per heavy atom. The maximum Gasteiger partial charge on any atom is 0.228 e. The number of amides is 1. The SMILES string of the molecule is CCC1(C(=O)N(C)CCC2CCCCN2)CCCC1. The van der Waals surface area contributed by atoms with Crippen LogP contribution in [-0.4, -0.2) is 37.0 Å². The maximum atomic E-state index is 12.7. The molecular weight excluding hydrogens is 236 g/mol. The molecule has 2 fully saturated rings. The summed E-state index contributed by atoms with van der Waals surface area (Å²) in [5, 5.41) is 3.57. The molecule has 110 valence electrons. The third-order valence-electron chi connectivity index (χ3n) is 5.26. The lowest BCUT2D eigenvalue weighted by atomic mass is 9.82. The van der Waals surface area contributed by atoms with Crippen LogP contribution in [0.2, 0.25) is 0 Å². The van der Waals surface area contributed by atoms with Gasteiger partial charge >= 0.3 is 0 Å². The second-order valence-corrected chi connectivity index (χ2v) is 6.50. The first kappa shape index (κ1) is 14.8. The molecule has 3 heteroatoms. The topological polar surface area (TPSA) is 32.3 Å². The summed E-state index contributed by atoms with van der Waals surface area (Å²) in [7, 11) is 2.00. The Bertz CT molecular complexity index is 291. The van der Waals surface area contributed by atoms with Crippen molar-refractivity contribution in [2.24, 2.45) is 5.41 Å². The molecule has 1 heterocycles. The summed E-state index contributed by atoms with van der Waals surface area (Å²) in [6.07, 6.45) is 10.7. The number of hydrogen-bond acceptors (Lipinski definition) is 2. The van der Waals surface area contributed by atoms with E-state index < -0.39 is 0 Å². The molecule has 1 atom stereocenters. The predicted molar refractivity (Wildman–Crippen MR) is 79.1 cm³/mol. The minimum Gasteiger partial charge on any atom is -0.345 e. The molecule has 19 heavy (non-hydrogen) atoms. The van der Waals surface area contributed by atoms with Crippen LogP contribution < -0.4 is 5.32 Å². The van der Waals surface area contributed by atoms with E-state index in [0.29, 0.717) is 11.9 Å². The molecule has 1 N–H and O–H groups in total. The van der Waals surface area contributed by atoms with Gasteiger partial charge in [-0.1, -0.05) is 26.2 Å². The second kappa shape index (κ2) is 6.74. The van der Waals surface area contributed by atoms with Gasteiger partial charge in [0, 0.05) is 25.0 Å². The minimum absolute atomic E-state index is 0.0191. The molecule has 0 aromatic heterocycles. The molecule has 2 rings (SSSR count). The molecule has 0 aromatic rings. The molecule has 1 aliphatic heterocycles. The fourth-order valence-corrected chi connectivity index (χ4v) is 3.80. The van der Waals surface area contributed by atoms with Gasteiger partial charge in [0.2, 0.25) is 5.91 Å². The van der Waals surface area contributed by atoms with Gasteiger partial charge in [0.25, 0.3) is 0 Å². The molecule has 0 spiro atoms. The van der Waals surface area contributed by atoms with Gasteiger partial charge in [-0.2, -0.15) is 0 Å². The number of nitrogens with zero attached hydrogens (tertiary/aromatic N) is 1. The van der Waals surface area contributed by atoms with Crippen molar-refractivity contribution in [1.29, 1.82) is 0 Å². The van der Waals surface area contributed by atoms with Gasteiger partial charge in [0.05, 0.1) is 0 Å². The van der Waals surface area contributed by atoms with Crippen LogP contribution in [0.15, 0.2) is 0 Å². The quantitative estimate of drug-likeness (QED) is 0.830. The number of rotatable bonds is 5. The Morgan fingerprint density at radius 2 is 2.00 bits per heavy atom. The lowest BCUT2D eigenvalue weighted by molar-refractivity contribution is -0.140. The van der Waals surface area contributed by atoms with E-state index in [1.54, 1.807) is 0 Å². The van der Waals surface area contributed by atoms with Gasteiger partial charge in [0.15, 0.2) is 0 Å². The highest BCUT2D eigenvalue weighted by atomic mass is 16.2. The second-order valence-electron chi connectivity index (χ2n) is 6.50. The van der Waals surface area contributed by atoms with E-state index in [0.717, 1.165) is 38.8 Å². The normalized spacial score (nSPS) is 26.3. The molecule has 1 saturated heterocycles. The van der Waals surface area contributed by atoms with Crippen molar-refractivity contribution in [1.82, 2.24) is 10.2 Å². The fourth-order valence-electron chi connectivity index (χ4n) is 3.80. The van der Waals surface area contributed by atoms with Crippen LogP contribution >= 0.6 is 0 Å². The average molecular weight is 266 g/mol. The Labute approximate surface area is 118 Å². The maximum absolute atomic E-state index is 12.7. The highest BCUT2D eigenvalue weighted by Crippen LogP contribution is 2.42. The van der Waals surface area contributed by atoms with Crippen LogP contribution in [0.3, 0.4) is 0 Å². The molecule has 3 nitrogen and oxygen atoms in total. The molecule has 1 aliphatic carbocycles. The third kappa shape index (κ3) is 3.50. The number of carbonyl (C=O) groups is 1. The molecule has 1 amide bonds. The molecule has 2 aliphatic rings. The smallest absolute Gasteiger partial charge is 0.228 e. The monoisotopic (exact) mass is 266 g/mol. The Kier molecular flexibility index (Phi) is 5.26. The molecule has 0 radical (unpaired) electrons. The lowest BCUT2D eigenvalue weighted by Gasteiger charge is -2.33. The van der Waals surface area contributed by atoms with E-state index in [2.05, 4.69) is 12.2 Å². The van der Waals surface area contributed by atoms with E-state index in [9.17, 15) is 4.79 Å². The summed E-state index contributed by atoms with van der Waals surface area (Å²) in [6, 6.07) is 0.630. The van der Waals surface area contributed by atoms with E-state index in [1.807, 2.05) is 11.9 Å². The average Bonchev–Trinajstić information content (AvgIpc) is 2.95. The molecule has 0 aromatic carbocycles. The number of nitrogens with one attached hydrogen (secondary N) is 1. The molecule has 1 unspecified atom stereocenters. The first-order valence-electron chi connectivity index (χ1n) is 8.17. The number of piperidine rings is 1. The highest BCUT2D eigenvalue weighted by Gasteiger charge is 2.40. The number of hydrogen-bond donors (Lipinski definition) is 1. The molecule has 1 saturated carbocycles. The largest absolute Gasteiger partial charge is 0.345 e. The van der Waals surface area contributed by atoms with Gasteiger partial charge in [-0.25, -0.2) is 0 Å². The Balaban J connectivity index is 1.81. The zero-order valence-corrected chi connectivity index (χ0v) is 12.7. The lowest BCUT2D eigenvalue weighted by Crippen LogP contribution is -2.43. The summed E-state index contributed by atoms with van der Waals surface area (Å²) in [6.45, 7) is 4.25. The van der Waals surface area contributed by atoms with Crippen molar-refractivity contribution in [3.8, 4) is 0 Å². The summed E-state index contributed by atoms with van der Waals surface area (Å²) >= 11 is 0. The van der Waals surface area contributed by atoms with Crippen molar-refractivity contribution in [2.75, 3.05) is 20.1 Å². The molecular formula is C16H30N2O. The Hall–Kier alpha value is -0.570. The highest BCUT2D eigenvalue weighted by molar-refractivity contribution is 5.82. The summed E-state index contributed by atoms with van der Waals surface area (Å²) in [4.78, 5) is 14.7. The van der Waals surface area contributed by atoms with Crippen LogP contribution in [0.25, 0.3) is 0 Å². The van der Waals surface area contributed by atoms with Gasteiger partial charge in [0.1, 0.15) is 0 Å². The van der Waals surface area contributed by atoms with Crippen molar-refractivity contribution in [3.63, 3.8) is 0 Å². The summed E-state index contributed by atoms with van der Waals surface area (Å²) < 4.78 is 0. The summed E-state index contributed by atoms with van der Waals surface area (Å²) in [5.41, 5.74) is -0.0191. The van der Waals surface area contributed by atoms with Crippen molar-refractivity contribution >= 4 is 5.91 Å². The number of carbonyl (C=O) groups excluding carboxylic acids is 1. The van der Waals surface area contributed by atoms with Crippen molar-refractivity contribution < 1.29 is 4.79 Å². The van der Waals surface area contributed by atoms with Crippen molar-refractivity contribution in [2.45, 2.75) is 70.8 Å². The van der Waals surface area contributed by atoms with Gasteiger partial charge in [-0.3, -0.25) is 4.79 Å². The van der Waals surface area contributed by atoms with Crippen LogP contribution in [0.1, 0.15) is 64.7 Å². The zero-order chi connectivity index (χ0) is 13.7. The molecule has 0 bridgehead atoms. The fraction of sp³-hybridized carbons (Fsp3) is 0.938. The minimum atomic E-state index is -0.0191. The van der Waals surface area contributed by atoms with E-state index >= 15 is 0 Å². The van der Waals surface area contributed by atoms with Gasteiger partial charge < -0.3 is 10.2 Å². The van der Waals surface area contributed by atoms with E-state index in [-0.39, 0.29) is 5.41 Å². The van der Waals surface area contributed by atoms with Crippen LogP contribution in [0.5, 0.6) is 0 Å².